The van der Waals surface area contributed by atoms with Crippen molar-refractivity contribution in [2.24, 2.45) is 7.05 Å². The lowest BCUT2D eigenvalue weighted by atomic mass is 9.68. The summed E-state index contributed by atoms with van der Waals surface area (Å²) < 4.78 is 41.5. The molecule has 220 valence electrons. The Morgan fingerprint density at radius 3 is 2.36 bits per heavy atom. The fourth-order valence-corrected chi connectivity index (χ4v) is 8.13. The molecular weight excluding hydrogens is 556 g/mol. The minimum atomic E-state index is -3.73. The van der Waals surface area contributed by atoms with E-state index < -0.39 is 21.5 Å². The van der Waals surface area contributed by atoms with E-state index in [-0.39, 0.29) is 17.4 Å². The predicted octanol–water partition coefficient (Wildman–Crippen LogP) is 3.50. The Morgan fingerprint density at radius 2 is 1.74 bits per heavy atom. The number of aryl methyl sites for hydroxylation is 1. The molecule has 42 heavy (non-hydrogen) atoms. The number of piperidine rings is 1. The SMILES string of the molecule is COc1ccc(S(=O)(=O)N2CCC3(CC2)CN(C(=O)c2cccnc2)[C@H](CO)c2c3c3ccc(OC)cc3n2C)cc1. The summed E-state index contributed by atoms with van der Waals surface area (Å²) in [6.07, 6.45) is 4.17. The molecule has 1 saturated heterocycles. The predicted molar refractivity (Wildman–Crippen MR) is 157 cm³/mol. The Labute approximate surface area is 245 Å². The van der Waals surface area contributed by atoms with Crippen molar-refractivity contribution in [3.05, 3.63) is 83.8 Å². The Hall–Kier alpha value is -3.93. The maximum Gasteiger partial charge on any atom is 0.256 e. The maximum absolute atomic E-state index is 13.9. The van der Waals surface area contributed by atoms with Gasteiger partial charge in [-0.2, -0.15) is 4.31 Å². The average molecular weight is 591 g/mol. The van der Waals surface area contributed by atoms with Gasteiger partial charge in [0.05, 0.1) is 42.8 Å². The van der Waals surface area contributed by atoms with Crippen LogP contribution in [0.25, 0.3) is 10.9 Å². The van der Waals surface area contributed by atoms with Crippen LogP contribution in [0.1, 0.15) is 40.5 Å². The number of aromatic nitrogens is 2. The van der Waals surface area contributed by atoms with E-state index in [9.17, 15) is 18.3 Å². The number of rotatable bonds is 6. The Morgan fingerprint density at radius 1 is 1.05 bits per heavy atom. The molecule has 6 rings (SSSR count). The lowest BCUT2D eigenvalue weighted by Crippen LogP contribution is -2.56. The van der Waals surface area contributed by atoms with Gasteiger partial charge in [0.25, 0.3) is 5.91 Å². The molecule has 0 radical (unpaired) electrons. The highest BCUT2D eigenvalue weighted by Gasteiger charge is 2.50. The standard InChI is InChI=1S/C31H34N4O6S/c1-33-26-17-23(41-3)8-11-25(26)28-29(33)27(19-36)35(30(37)21-5-4-14-32-18-21)20-31(28)12-15-34(16-13-31)42(38,39)24-9-6-22(40-2)7-10-24/h4-11,14,17-18,27,36H,12-13,15-16,19-20H2,1-3H3/t27-/m1/s1. The number of ether oxygens (including phenoxy) is 2. The molecule has 0 aliphatic carbocycles. The number of benzene rings is 2. The molecule has 0 saturated carbocycles. The fourth-order valence-electron chi connectivity index (χ4n) is 6.69. The molecule has 0 bridgehead atoms. The number of carbonyl (C=O) groups excluding carboxylic acids is 1. The molecule has 2 aromatic carbocycles. The van der Waals surface area contributed by atoms with Crippen LogP contribution < -0.4 is 9.47 Å². The largest absolute Gasteiger partial charge is 0.497 e. The molecule has 2 aromatic heterocycles. The summed E-state index contributed by atoms with van der Waals surface area (Å²) in [6.45, 7) is 0.674. The zero-order valence-corrected chi connectivity index (χ0v) is 24.7. The molecule has 1 amide bonds. The van der Waals surface area contributed by atoms with E-state index in [1.807, 2.05) is 29.8 Å². The van der Waals surface area contributed by atoms with Gasteiger partial charge in [0.1, 0.15) is 11.5 Å². The summed E-state index contributed by atoms with van der Waals surface area (Å²) in [5.41, 5.74) is 2.77. The van der Waals surface area contributed by atoms with Gasteiger partial charge in [0.15, 0.2) is 0 Å². The van der Waals surface area contributed by atoms with Gasteiger partial charge in [-0.25, -0.2) is 8.42 Å². The van der Waals surface area contributed by atoms with E-state index in [0.29, 0.717) is 49.5 Å². The van der Waals surface area contributed by atoms with Gasteiger partial charge in [0.2, 0.25) is 10.0 Å². The second kappa shape index (κ2) is 10.7. The Bertz CT molecular complexity index is 1730. The third-order valence-corrected chi connectivity index (χ3v) is 10.8. The number of aliphatic hydroxyl groups is 1. The number of hydrogen-bond donors (Lipinski definition) is 1. The van der Waals surface area contributed by atoms with Gasteiger partial charge in [-0.3, -0.25) is 9.78 Å². The maximum atomic E-state index is 13.9. The van der Waals surface area contributed by atoms with Crippen molar-refractivity contribution >= 4 is 26.8 Å². The second-order valence-corrected chi connectivity index (χ2v) is 12.9. The molecule has 10 nitrogen and oxygen atoms in total. The third-order valence-electron chi connectivity index (χ3n) is 8.87. The molecule has 4 aromatic rings. The van der Waals surface area contributed by atoms with Crippen LogP contribution in [0.2, 0.25) is 0 Å². The zero-order chi connectivity index (χ0) is 29.6. The average Bonchev–Trinajstić information content (AvgIpc) is 3.33. The van der Waals surface area contributed by atoms with Crippen molar-refractivity contribution in [2.45, 2.75) is 29.2 Å². The van der Waals surface area contributed by atoms with E-state index in [0.717, 1.165) is 22.2 Å². The van der Waals surface area contributed by atoms with E-state index in [1.54, 1.807) is 61.7 Å². The number of hydrogen-bond acceptors (Lipinski definition) is 7. The number of nitrogens with zero attached hydrogens (tertiary/aromatic N) is 4. The summed E-state index contributed by atoms with van der Waals surface area (Å²) in [5, 5.41) is 11.7. The first-order valence-corrected chi connectivity index (χ1v) is 15.3. The summed E-state index contributed by atoms with van der Waals surface area (Å²) in [7, 11) is 1.38. The zero-order valence-electron chi connectivity index (χ0n) is 23.9. The minimum absolute atomic E-state index is 0.217. The summed E-state index contributed by atoms with van der Waals surface area (Å²) in [5.74, 6) is 1.08. The molecule has 1 atom stereocenters. The Balaban J connectivity index is 1.44. The van der Waals surface area contributed by atoms with Crippen molar-refractivity contribution in [3.63, 3.8) is 0 Å². The first-order chi connectivity index (χ1) is 20.2. The van der Waals surface area contributed by atoms with Gasteiger partial charge < -0.3 is 24.0 Å². The van der Waals surface area contributed by atoms with Crippen LogP contribution >= 0.6 is 0 Å². The highest BCUT2D eigenvalue weighted by Crippen LogP contribution is 2.50. The van der Waals surface area contributed by atoms with E-state index in [4.69, 9.17) is 9.47 Å². The minimum Gasteiger partial charge on any atom is -0.497 e. The number of aliphatic hydroxyl groups excluding tert-OH is 1. The van der Waals surface area contributed by atoms with Gasteiger partial charge in [-0.1, -0.05) is 0 Å². The topological polar surface area (TPSA) is 114 Å². The number of amides is 1. The van der Waals surface area contributed by atoms with Crippen molar-refractivity contribution < 1.29 is 27.8 Å². The van der Waals surface area contributed by atoms with Crippen LogP contribution in [0.15, 0.2) is 71.9 Å². The molecule has 0 unspecified atom stereocenters. The lowest BCUT2D eigenvalue weighted by Gasteiger charge is -2.50. The van der Waals surface area contributed by atoms with Crippen LogP contribution in [-0.2, 0) is 22.5 Å². The normalized spacial score (nSPS) is 18.7. The summed E-state index contributed by atoms with van der Waals surface area (Å²) in [6, 6.07) is 15.2. The van der Waals surface area contributed by atoms with E-state index >= 15 is 0 Å². The lowest BCUT2D eigenvalue weighted by molar-refractivity contribution is 0.0378. The third kappa shape index (κ3) is 4.43. The molecule has 1 fully saturated rings. The van der Waals surface area contributed by atoms with Crippen LogP contribution in [0.5, 0.6) is 11.5 Å². The van der Waals surface area contributed by atoms with E-state index in [2.05, 4.69) is 4.98 Å². The van der Waals surface area contributed by atoms with Crippen LogP contribution in [0, 0.1) is 0 Å². The molecule has 4 heterocycles. The second-order valence-electron chi connectivity index (χ2n) is 10.9. The van der Waals surface area contributed by atoms with Crippen LogP contribution in [0.4, 0.5) is 0 Å². The molecule has 11 heteroatoms. The smallest absolute Gasteiger partial charge is 0.256 e. The van der Waals surface area contributed by atoms with Gasteiger partial charge in [-0.05, 0) is 66.9 Å². The Kier molecular flexibility index (Phi) is 7.20. The number of methoxy groups -OCH3 is 2. The van der Waals surface area contributed by atoms with Gasteiger partial charge in [-0.15, -0.1) is 0 Å². The number of pyridine rings is 1. The molecule has 2 aliphatic heterocycles. The molecule has 1 spiro atoms. The van der Waals surface area contributed by atoms with Crippen molar-refractivity contribution in [1.82, 2.24) is 18.8 Å². The highest BCUT2D eigenvalue weighted by atomic mass is 32.2. The number of carbonyl (C=O) groups is 1. The monoisotopic (exact) mass is 590 g/mol. The van der Waals surface area contributed by atoms with Gasteiger partial charge in [0, 0.05) is 61.6 Å². The molecular formula is C31H34N4O6S. The van der Waals surface area contributed by atoms with Gasteiger partial charge >= 0.3 is 0 Å². The van der Waals surface area contributed by atoms with Crippen molar-refractivity contribution in [3.8, 4) is 11.5 Å². The fraction of sp³-hybridized carbons (Fsp3) is 0.355. The number of fused-ring (bicyclic) bond motifs is 4. The van der Waals surface area contributed by atoms with Crippen LogP contribution in [0.3, 0.4) is 0 Å². The van der Waals surface area contributed by atoms with Crippen LogP contribution in [-0.4, -0.2) is 78.6 Å². The molecule has 2 aliphatic rings. The van der Waals surface area contributed by atoms with Crippen molar-refractivity contribution in [1.29, 1.82) is 0 Å². The molecule has 1 N–H and O–H groups in total. The summed E-state index contributed by atoms with van der Waals surface area (Å²) >= 11 is 0. The number of sulfonamides is 1. The van der Waals surface area contributed by atoms with E-state index in [1.165, 1.54) is 10.5 Å². The van der Waals surface area contributed by atoms with Crippen molar-refractivity contribution in [2.75, 3.05) is 40.5 Å². The summed E-state index contributed by atoms with van der Waals surface area (Å²) in [4.78, 5) is 20.0. The first-order valence-electron chi connectivity index (χ1n) is 13.9. The quantitative estimate of drug-likeness (QED) is 0.366. The highest BCUT2D eigenvalue weighted by molar-refractivity contribution is 7.89. The first kappa shape index (κ1) is 28.2.